The third-order valence-electron chi connectivity index (χ3n) is 4.37. The summed E-state index contributed by atoms with van der Waals surface area (Å²) in [6.45, 7) is 0. The van der Waals surface area contributed by atoms with Crippen LogP contribution in [0.4, 0.5) is 5.69 Å². The van der Waals surface area contributed by atoms with Crippen molar-refractivity contribution in [3.8, 4) is 17.2 Å². The number of anilines is 1. The van der Waals surface area contributed by atoms with E-state index in [1.165, 1.54) is 26.4 Å². The maximum Gasteiger partial charge on any atom is 0.259 e. The largest absolute Gasteiger partial charge is 0.497 e. The molecule has 148 valence electrons. The summed E-state index contributed by atoms with van der Waals surface area (Å²) in [5, 5.41) is 2.80. The Labute approximate surface area is 169 Å². The van der Waals surface area contributed by atoms with Crippen molar-refractivity contribution in [2.24, 2.45) is 0 Å². The second-order valence-corrected chi connectivity index (χ2v) is 6.13. The third-order valence-corrected chi connectivity index (χ3v) is 4.37. The molecule has 0 atom stereocenters. The summed E-state index contributed by atoms with van der Waals surface area (Å²) in [5.74, 6) is 0.560. The van der Waals surface area contributed by atoms with Crippen molar-refractivity contribution >= 4 is 17.4 Å². The number of amides is 1. The summed E-state index contributed by atoms with van der Waals surface area (Å²) in [6, 6.07) is 18.9. The summed E-state index contributed by atoms with van der Waals surface area (Å²) in [6.07, 6.45) is 0. The predicted molar refractivity (Wildman–Crippen MR) is 110 cm³/mol. The highest BCUT2D eigenvalue weighted by molar-refractivity contribution is 6.13. The Morgan fingerprint density at radius 2 is 1.38 bits per heavy atom. The zero-order valence-electron chi connectivity index (χ0n) is 16.4. The number of nitrogens with one attached hydrogen (secondary N) is 1. The predicted octanol–water partition coefficient (Wildman–Crippen LogP) is 4.20. The molecule has 3 aromatic rings. The molecule has 1 amide bonds. The van der Waals surface area contributed by atoms with Gasteiger partial charge in [0.1, 0.15) is 17.2 Å². The first-order valence-corrected chi connectivity index (χ1v) is 8.88. The van der Waals surface area contributed by atoms with Crippen molar-refractivity contribution < 1.29 is 23.8 Å². The number of ketones is 1. The van der Waals surface area contributed by atoms with Crippen LogP contribution in [-0.2, 0) is 0 Å². The summed E-state index contributed by atoms with van der Waals surface area (Å²) in [7, 11) is 4.45. The van der Waals surface area contributed by atoms with Crippen LogP contribution in [0.25, 0.3) is 0 Å². The van der Waals surface area contributed by atoms with Gasteiger partial charge in [-0.2, -0.15) is 0 Å². The van der Waals surface area contributed by atoms with Gasteiger partial charge < -0.3 is 19.5 Å². The van der Waals surface area contributed by atoms with Gasteiger partial charge in [-0.05, 0) is 24.3 Å². The first-order chi connectivity index (χ1) is 14.1. The second-order valence-electron chi connectivity index (χ2n) is 6.13. The van der Waals surface area contributed by atoms with E-state index in [0.717, 1.165) is 0 Å². The van der Waals surface area contributed by atoms with E-state index in [-0.39, 0.29) is 22.8 Å². The van der Waals surface area contributed by atoms with E-state index in [0.29, 0.717) is 22.6 Å². The lowest BCUT2D eigenvalue weighted by molar-refractivity contribution is 0.101. The topological polar surface area (TPSA) is 73.9 Å². The lowest BCUT2D eigenvalue weighted by Gasteiger charge is -2.15. The second kappa shape index (κ2) is 8.93. The molecule has 0 aliphatic heterocycles. The van der Waals surface area contributed by atoms with Crippen molar-refractivity contribution in [3.05, 3.63) is 83.4 Å². The van der Waals surface area contributed by atoms with Crippen LogP contribution in [0, 0.1) is 0 Å². The number of ether oxygens (including phenoxy) is 3. The molecule has 29 heavy (non-hydrogen) atoms. The van der Waals surface area contributed by atoms with E-state index in [1.807, 2.05) is 6.07 Å². The van der Waals surface area contributed by atoms with E-state index in [4.69, 9.17) is 14.2 Å². The minimum atomic E-state index is -0.396. The van der Waals surface area contributed by atoms with Gasteiger partial charge in [-0.1, -0.05) is 36.4 Å². The van der Waals surface area contributed by atoms with Crippen molar-refractivity contribution in [3.63, 3.8) is 0 Å². The first-order valence-electron chi connectivity index (χ1n) is 8.88. The minimum Gasteiger partial charge on any atom is -0.497 e. The van der Waals surface area contributed by atoms with Crippen LogP contribution in [0.1, 0.15) is 26.3 Å². The molecule has 0 fully saturated rings. The van der Waals surface area contributed by atoms with E-state index < -0.39 is 5.91 Å². The maximum atomic E-state index is 12.9. The van der Waals surface area contributed by atoms with Crippen LogP contribution >= 0.6 is 0 Å². The van der Waals surface area contributed by atoms with Gasteiger partial charge in [0.2, 0.25) is 0 Å². The van der Waals surface area contributed by atoms with Crippen LogP contribution in [0.15, 0.2) is 66.7 Å². The number of carbonyl (C=O) groups excluding carboxylic acids is 2. The Hall–Kier alpha value is -3.80. The van der Waals surface area contributed by atoms with Gasteiger partial charge in [0.05, 0.1) is 32.5 Å². The molecule has 0 spiro atoms. The maximum absolute atomic E-state index is 12.9. The molecule has 0 saturated carbocycles. The average Bonchev–Trinajstić information content (AvgIpc) is 2.78. The smallest absolute Gasteiger partial charge is 0.259 e. The molecule has 0 aromatic heterocycles. The Bertz CT molecular complexity index is 1030. The number of rotatable bonds is 7. The fourth-order valence-corrected chi connectivity index (χ4v) is 2.90. The minimum absolute atomic E-state index is 0.222. The van der Waals surface area contributed by atoms with Crippen molar-refractivity contribution in [1.82, 2.24) is 0 Å². The van der Waals surface area contributed by atoms with Crippen LogP contribution < -0.4 is 19.5 Å². The van der Waals surface area contributed by atoms with Gasteiger partial charge >= 0.3 is 0 Å². The first kappa shape index (κ1) is 19.9. The van der Waals surface area contributed by atoms with Crippen LogP contribution in [0.5, 0.6) is 17.2 Å². The lowest BCUT2D eigenvalue weighted by atomic mass is 9.99. The van der Waals surface area contributed by atoms with Crippen LogP contribution in [-0.4, -0.2) is 33.0 Å². The molecule has 0 aliphatic rings. The molecule has 0 aliphatic carbocycles. The molecule has 0 radical (unpaired) electrons. The number of carbonyl (C=O) groups is 2. The highest BCUT2D eigenvalue weighted by Gasteiger charge is 2.22. The van der Waals surface area contributed by atoms with Gasteiger partial charge in [0.25, 0.3) is 5.91 Å². The number of benzene rings is 3. The van der Waals surface area contributed by atoms with Gasteiger partial charge in [-0.15, -0.1) is 0 Å². The highest BCUT2D eigenvalue weighted by Crippen LogP contribution is 2.31. The Morgan fingerprint density at radius 3 is 2.03 bits per heavy atom. The fraction of sp³-hybridized carbons (Fsp3) is 0.130. The highest BCUT2D eigenvalue weighted by atomic mass is 16.5. The van der Waals surface area contributed by atoms with Crippen LogP contribution in [0.3, 0.4) is 0 Å². The Kier molecular flexibility index (Phi) is 6.14. The summed E-state index contributed by atoms with van der Waals surface area (Å²) < 4.78 is 15.9. The van der Waals surface area contributed by atoms with Crippen LogP contribution in [0.2, 0.25) is 0 Å². The van der Waals surface area contributed by atoms with Crippen molar-refractivity contribution in [2.45, 2.75) is 0 Å². The number of hydrogen-bond acceptors (Lipinski definition) is 5. The zero-order chi connectivity index (χ0) is 20.8. The molecule has 1 N–H and O–H groups in total. The molecule has 0 heterocycles. The van der Waals surface area contributed by atoms with E-state index >= 15 is 0 Å². The normalized spacial score (nSPS) is 10.2. The molecule has 0 saturated heterocycles. The molecule has 3 rings (SSSR count). The molecule has 6 heteroatoms. The molecule has 0 unspecified atom stereocenters. The van der Waals surface area contributed by atoms with Crippen molar-refractivity contribution in [1.29, 1.82) is 0 Å². The summed E-state index contributed by atoms with van der Waals surface area (Å²) >= 11 is 0. The Balaban J connectivity index is 1.97. The van der Waals surface area contributed by atoms with Gasteiger partial charge in [-0.3, -0.25) is 9.59 Å². The van der Waals surface area contributed by atoms with Gasteiger partial charge in [-0.25, -0.2) is 0 Å². The van der Waals surface area contributed by atoms with Gasteiger partial charge in [0, 0.05) is 17.3 Å². The number of methoxy groups -OCH3 is 3. The molecular weight excluding hydrogens is 370 g/mol. The average molecular weight is 391 g/mol. The standard InChI is InChI=1S/C23H21NO5/c1-27-17-11-7-10-16(12-17)24-23(26)19-14-20(28-2)18(13-21(19)29-3)22(25)15-8-5-4-6-9-15/h4-14H,1-3H3,(H,24,26). The molecule has 6 nitrogen and oxygen atoms in total. The summed E-state index contributed by atoms with van der Waals surface area (Å²) in [4.78, 5) is 25.7. The van der Waals surface area contributed by atoms with E-state index in [9.17, 15) is 9.59 Å². The zero-order valence-corrected chi connectivity index (χ0v) is 16.4. The van der Waals surface area contributed by atoms with E-state index in [1.54, 1.807) is 55.6 Å². The molecule has 3 aromatic carbocycles. The SMILES string of the molecule is COc1cccc(NC(=O)c2cc(OC)c(C(=O)c3ccccc3)cc2OC)c1. The van der Waals surface area contributed by atoms with Crippen molar-refractivity contribution in [2.75, 3.05) is 26.6 Å². The summed E-state index contributed by atoms with van der Waals surface area (Å²) in [5.41, 5.74) is 1.64. The van der Waals surface area contributed by atoms with E-state index in [2.05, 4.69) is 5.32 Å². The van der Waals surface area contributed by atoms with Gasteiger partial charge in [0.15, 0.2) is 5.78 Å². The third kappa shape index (κ3) is 4.38. The molecular formula is C23H21NO5. The fourth-order valence-electron chi connectivity index (χ4n) is 2.90. The Morgan fingerprint density at radius 1 is 0.724 bits per heavy atom. The molecule has 0 bridgehead atoms. The lowest BCUT2D eigenvalue weighted by Crippen LogP contribution is -2.15. The quantitative estimate of drug-likeness (QED) is 0.611. The monoisotopic (exact) mass is 391 g/mol. The number of hydrogen-bond donors (Lipinski definition) is 1.